The average Bonchev–Trinajstić information content (AvgIpc) is 3.11. The summed E-state index contributed by atoms with van der Waals surface area (Å²) in [6.07, 6.45) is 0.983. The molecule has 0 aliphatic carbocycles. The summed E-state index contributed by atoms with van der Waals surface area (Å²) in [5.74, 6) is -0.457. The molecule has 1 aliphatic rings. The van der Waals surface area contributed by atoms with Gasteiger partial charge >= 0.3 is 5.97 Å². The second-order valence-corrected chi connectivity index (χ2v) is 55.1. The molecular weight excluding hydrogens is 639 g/mol. The smallest absolute Gasteiger partial charge is 0.332 e. The van der Waals surface area contributed by atoms with E-state index in [1.807, 2.05) is 0 Å². The fourth-order valence-electron chi connectivity index (χ4n) is 3.05. The van der Waals surface area contributed by atoms with Gasteiger partial charge < -0.3 is 9.84 Å². The zero-order valence-electron chi connectivity index (χ0n) is 16.9. The molecule has 0 aromatic carbocycles. The molecule has 0 saturated carbocycles. The average molecular weight is 666 g/mol. The molecule has 1 aliphatic heterocycles. The highest BCUT2D eigenvalue weighted by Gasteiger charge is 2.41. The van der Waals surface area contributed by atoms with Crippen molar-refractivity contribution in [2.45, 2.75) is 25.8 Å². The first-order valence-corrected chi connectivity index (χ1v) is 31.5. The fraction of sp³-hybridized carbons (Fsp3) is 0.417. The van der Waals surface area contributed by atoms with Crippen molar-refractivity contribution >= 4 is 122 Å². The molecule has 1 N–H and O–H groups in total. The molecule has 10 atom stereocenters. The molecule has 0 bridgehead atoms. The normalized spacial score (nSPS) is 17.9. The Morgan fingerprint density at radius 1 is 1.10 bits per heavy atom. The molecule has 19 heteroatoms. The SMILES string of the molecule is CNc1cc(C(C)=O)c2n(c1=O)C(C(=O)OP(P(P)P(P)P)P(P(P)P)P(P)P)CC2. The third kappa shape index (κ3) is 7.51. The number of anilines is 1. The number of fused-ring (bicyclic) bond motifs is 1. The van der Waals surface area contributed by atoms with Crippen LogP contribution in [-0.4, -0.2) is 23.4 Å². The van der Waals surface area contributed by atoms with E-state index in [9.17, 15) is 14.4 Å². The van der Waals surface area contributed by atoms with Gasteiger partial charge in [-0.2, -0.15) is 0 Å². The maximum Gasteiger partial charge on any atom is 0.332 e. The Morgan fingerprint density at radius 3 is 2.13 bits per heavy atom. The van der Waals surface area contributed by atoms with E-state index in [4.69, 9.17) is 4.52 Å². The summed E-state index contributed by atoms with van der Waals surface area (Å²) in [4.78, 5) is 38.7. The molecule has 2 heterocycles. The van der Waals surface area contributed by atoms with E-state index >= 15 is 0 Å². The van der Waals surface area contributed by atoms with Crippen LogP contribution in [0.4, 0.5) is 5.69 Å². The summed E-state index contributed by atoms with van der Waals surface area (Å²) >= 11 is 0. The van der Waals surface area contributed by atoms with Crippen LogP contribution < -0.4 is 10.9 Å². The summed E-state index contributed by atoms with van der Waals surface area (Å²) in [7, 11) is 21.0. The van der Waals surface area contributed by atoms with Crippen LogP contribution in [0.25, 0.3) is 0 Å². The summed E-state index contributed by atoms with van der Waals surface area (Å²) in [5.41, 5.74) is 1.17. The Labute approximate surface area is 206 Å². The first-order chi connectivity index (χ1) is 14.4. The van der Waals surface area contributed by atoms with Crippen molar-refractivity contribution in [1.82, 2.24) is 4.57 Å². The van der Waals surface area contributed by atoms with Crippen LogP contribution >= 0.6 is 105 Å². The van der Waals surface area contributed by atoms with Gasteiger partial charge in [0.1, 0.15) is 11.7 Å². The van der Waals surface area contributed by atoms with E-state index in [0.29, 0.717) is 29.8 Å². The lowest BCUT2D eigenvalue weighted by Crippen LogP contribution is -2.30. The minimum atomic E-state index is -0.983. The van der Waals surface area contributed by atoms with Gasteiger partial charge in [-0.05, 0) is 46.8 Å². The molecule has 174 valence electrons. The van der Waals surface area contributed by atoms with Crippen molar-refractivity contribution in [1.29, 1.82) is 0 Å². The van der Waals surface area contributed by atoms with Gasteiger partial charge in [0.15, 0.2) is 13.3 Å². The van der Waals surface area contributed by atoms with Gasteiger partial charge in [0.25, 0.3) is 5.56 Å². The molecule has 1 aromatic heterocycles. The molecule has 31 heavy (non-hydrogen) atoms. The molecule has 0 radical (unpaired) electrons. The van der Waals surface area contributed by atoms with Gasteiger partial charge in [-0.3, -0.25) is 14.2 Å². The van der Waals surface area contributed by atoms with Gasteiger partial charge in [-0.1, -0.05) is 8.93 Å². The first-order valence-electron chi connectivity index (χ1n) is 8.64. The van der Waals surface area contributed by atoms with Crippen molar-refractivity contribution < 1.29 is 14.1 Å². The minimum Gasteiger partial charge on any atom is -0.433 e. The molecule has 0 spiro atoms. The lowest BCUT2D eigenvalue weighted by Gasteiger charge is -2.36. The van der Waals surface area contributed by atoms with E-state index in [0.717, 1.165) is 0 Å². The molecule has 1 aromatic rings. The van der Waals surface area contributed by atoms with E-state index in [1.165, 1.54) is 11.5 Å². The summed E-state index contributed by atoms with van der Waals surface area (Å²) in [6, 6.07) is 0.907. The Hall–Kier alpha value is 3.48. The first kappa shape index (κ1) is 30.7. The lowest BCUT2D eigenvalue weighted by atomic mass is 10.1. The molecule has 2 rings (SSSR count). The number of Topliss-reactive ketones (excluding diaryl/α,β-unsaturated/α-hetero) is 1. The third-order valence-corrected chi connectivity index (χ3v) is 75.0. The van der Waals surface area contributed by atoms with E-state index < -0.39 is 48.5 Å². The lowest BCUT2D eigenvalue weighted by molar-refractivity contribution is -0.136. The topological polar surface area (TPSA) is 77.4 Å². The van der Waals surface area contributed by atoms with Crippen LogP contribution in [-0.2, 0) is 15.7 Å². The predicted molar refractivity (Wildman–Crippen MR) is 173 cm³/mol. The summed E-state index contributed by atoms with van der Waals surface area (Å²) in [6.45, 7) is -0.846. The number of nitrogens with one attached hydrogen (secondary N) is 1. The molecule has 0 fully saturated rings. The Balaban J connectivity index is 2.47. The van der Waals surface area contributed by atoms with Crippen molar-refractivity contribution in [2.75, 3.05) is 12.4 Å². The second kappa shape index (κ2) is 13.9. The highest BCUT2D eigenvalue weighted by atomic mass is 33.2. The van der Waals surface area contributed by atoms with Crippen LogP contribution in [0.15, 0.2) is 10.9 Å². The van der Waals surface area contributed by atoms with Crippen molar-refractivity contribution in [3.05, 3.63) is 27.7 Å². The Bertz CT molecular complexity index is 886. The zero-order valence-corrected chi connectivity index (χ0v) is 30.3. The quantitative estimate of drug-likeness (QED) is 0.214. The van der Waals surface area contributed by atoms with Crippen LogP contribution in [0.2, 0.25) is 0 Å². The molecule has 6 nitrogen and oxygen atoms in total. The van der Waals surface area contributed by atoms with Crippen LogP contribution in [0.5, 0.6) is 0 Å². The zero-order chi connectivity index (χ0) is 23.6. The van der Waals surface area contributed by atoms with E-state index in [-0.39, 0.29) is 17.3 Å². The molecule has 0 amide bonds. The highest BCUT2D eigenvalue weighted by molar-refractivity contribution is 9.19. The number of ketones is 1. The Kier molecular flexibility index (Phi) is 13.7. The van der Waals surface area contributed by atoms with Gasteiger partial charge in [0, 0.05) is 32.3 Å². The highest BCUT2D eigenvalue weighted by Crippen LogP contribution is 3.17. The number of hydrogen-bond acceptors (Lipinski definition) is 5. The van der Waals surface area contributed by atoms with E-state index in [2.05, 4.69) is 67.8 Å². The van der Waals surface area contributed by atoms with Gasteiger partial charge in [0.2, 0.25) is 0 Å². The maximum absolute atomic E-state index is 13.4. The number of aromatic nitrogens is 1. The van der Waals surface area contributed by atoms with Crippen LogP contribution in [0, 0.1) is 0 Å². The van der Waals surface area contributed by atoms with Crippen molar-refractivity contribution in [2.24, 2.45) is 0 Å². The van der Waals surface area contributed by atoms with E-state index in [1.54, 1.807) is 13.1 Å². The summed E-state index contributed by atoms with van der Waals surface area (Å²) < 4.78 is 7.78. The van der Waals surface area contributed by atoms with Gasteiger partial charge in [-0.25, -0.2) is 4.79 Å². The number of hydrogen-bond donors (Lipinski definition) is 1. The molecule has 10 unspecified atom stereocenters. The number of carbonyl (C=O) groups excluding carboxylic acids is 2. The van der Waals surface area contributed by atoms with Crippen molar-refractivity contribution in [3.63, 3.8) is 0 Å². The van der Waals surface area contributed by atoms with Crippen molar-refractivity contribution in [3.8, 4) is 0 Å². The van der Waals surface area contributed by atoms with Crippen LogP contribution in [0.3, 0.4) is 0 Å². The Morgan fingerprint density at radius 2 is 1.68 bits per heavy atom. The summed E-state index contributed by atoms with van der Waals surface area (Å²) in [5, 5.41) is 2.86. The maximum atomic E-state index is 13.4. The molecular formula is C12H27N2O4P13. The monoisotopic (exact) mass is 666 g/mol. The standard InChI is InChI=1S/C12H27N2O4P13/c1-6(15)7-5-8(13-2)11(16)14-9(7)3-4-10(14)12(17)18-26(30(25)27(19)20)31(28(21)22)29(23)24/h5,10,13H,3-4,19-25H2,1-2H3. The number of rotatable bonds is 9. The fourth-order valence-corrected chi connectivity index (χ4v) is 98.2. The number of nitrogens with zero attached hydrogens (tertiary/aromatic N) is 1. The minimum absolute atomic E-state index is 0.113. The molecule has 0 saturated heterocycles. The predicted octanol–water partition coefficient (Wildman–Crippen LogP) is 8.04. The number of carbonyl (C=O) groups is 2. The van der Waals surface area contributed by atoms with Gasteiger partial charge in [-0.15, -0.1) is 53.6 Å². The van der Waals surface area contributed by atoms with Crippen LogP contribution in [0.1, 0.15) is 35.4 Å². The number of pyridine rings is 1. The van der Waals surface area contributed by atoms with Gasteiger partial charge in [0.05, 0.1) is 0 Å². The largest absolute Gasteiger partial charge is 0.433 e. The second-order valence-electron chi connectivity index (χ2n) is 6.35. The third-order valence-electron chi connectivity index (χ3n) is 4.38.